The van der Waals surface area contributed by atoms with Crippen LogP contribution in [0.5, 0.6) is 0 Å². The minimum absolute atomic E-state index is 0.0143. The molecule has 0 amide bonds. The van der Waals surface area contributed by atoms with E-state index in [4.69, 9.17) is 23.7 Å². The number of carbonyl (C=O) groups is 1. The third kappa shape index (κ3) is 5.53. The van der Waals surface area contributed by atoms with Gasteiger partial charge in [0.05, 0.1) is 31.5 Å². The number of cyclic esters (lactones) is 1. The number of carbonyl (C=O) groups excluding carboxylic acids is 1. The molecule has 15 nitrogen and oxygen atoms in total. The highest BCUT2D eigenvalue weighted by Crippen LogP contribution is 2.80. The Morgan fingerprint density at radius 1 is 0.614 bits per heavy atom. The van der Waals surface area contributed by atoms with E-state index in [0.717, 1.165) is 44.9 Å². The first-order valence-electron chi connectivity index (χ1n) is 21.5. The molecule has 3 saturated heterocycles. The number of aliphatic hydroxyl groups excluding tert-OH is 8. The van der Waals surface area contributed by atoms with Crippen molar-refractivity contribution in [3.05, 3.63) is 0 Å². The molecule has 9 N–H and O–H groups in total. The SMILES string of the molecule is CC1(C)OC(=O)C23CCC1C2(O)CCC1(C)C3CCC2C3(C)CCC(OC4OC(CO)C(O)C(O)C4OC4OC(CO)C(O)C(O)C4O)C(C)(CO)C3CCC21C. The van der Waals surface area contributed by atoms with E-state index >= 15 is 0 Å². The smallest absolute Gasteiger partial charge is 0.315 e. The Morgan fingerprint density at radius 2 is 1.21 bits per heavy atom. The van der Waals surface area contributed by atoms with Crippen LogP contribution in [0.15, 0.2) is 0 Å². The fraction of sp³-hybridized carbons (Fsp3) is 0.976. The van der Waals surface area contributed by atoms with Crippen molar-refractivity contribution in [3.8, 4) is 0 Å². The molecule has 21 unspecified atom stereocenters. The van der Waals surface area contributed by atoms with Crippen molar-refractivity contribution in [2.24, 2.45) is 50.7 Å². The lowest BCUT2D eigenvalue weighted by Gasteiger charge is -2.74. The van der Waals surface area contributed by atoms with Crippen molar-refractivity contribution in [1.82, 2.24) is 0 Å². The minimum atomic E-state index is -1.79. The van der Waals surface area contributed by atoms with Crippen molar-refractivity contribution >= 4 is 5.97 Å². The number of hydrogen-bond acceptors (Lipinski definition) is 15. The molecule has 0 aromatic heterocycles. The highest BCUT2D eigenvalue weighted by Gasteiger charge is 2.81. The quantitative estimate of drug-likeness (QED) is 0.126. The van der Waals surface area contributed by atoms with Gasteiger partial charge in [0.25, 0.3) is 0 Å². The molecular weight excluding hydrogens is 744 g/mol. The molecule has 21 atom stereocenters. The van der Waals surface area contributed by atoms with Gasteiger partial charge in [-0.1, -0.05) is 27.7 Å². The Hall–Kier alpha value is -1.05. The number of rotatable bonds is 7. The van der Waals surface area contributed by atoms with Gasteiger partial charge in [0.1, 0.15) is 59.8 Å². The van der Waals surface area contributed by atoms with Gasteiger partial charge in [-0.05, 0) is 112 Å². The fourth-order valence-electron chi connectivity index (χ4n) is 15.4. The van der Waals surface area contributed by atoms with Gasteiger partial charge in [-0.3, -0.25) is 4.79 Å². The van der Waals surface area contributed by atoms with Crippen LogP contribution in [0.3, 0.4) is 0 Å². The third-order valence-electron chi connectivity index (χ3n) is 18.6. The molecule has 3 heterocycles. The van der Waals surface area contributed by atoms with Crippen molar-refractivity contribution in [2.75, 3.05) is 19.8 Å². The first-order chi connectivity index (χ1) is 26.6. The van der Waals surface area contributed by atoms with Gasteiger partial charge in [0.2, 0.25) is 0 Å². The summed E-state index contributed by atoms with van der Waals surface area (Å²) in [5.41, 5.74) is -4.19. The zero-order valence-electron chi connectivity index (χ0n) is 34.3. The van der Waals surface area contributed by atoms with E-state index in [1.165, 1.54) is 0 Å². The molecule has 8 fully saturated rings. The van der Waals surface area contributed by atoms with E-state index in [1.54, 1.807) is 0 Å². The van der Waals surface area contributed by atoms with E-state index in [1.807, 2.05) is 20.8 Å². The van der Waals surface area contributed by atoms with Crippen LogP contribution in [0.1, 0.15) is 106 Å². The first kappa shape index (κ1) is 42.6. The zero-order valence-corrected chi connectivity index (χ0v) is 34.3. The molecule has 5 saturated carbocycles. The molecule has 2 bridgehead atoms. The Balaban J connectivity index is 1.06. The normalized spacial score (nSPS) is 58.2. The lowest BCUT2D eigenvalue weighted by atomic mass is 9.31. The summed E-state index contributed by atoms with van der Waals surface area (Å²) in [7, 11) is 0. The van der Waals surface area contributed by atoms with Crippen LogP contribution in [-0.4, -0.2) is 150 Å². The summed E-state index contributed by atoms with van der Waals surface area (Å²) in [6.07, 6.45) is -8.94. The van der Waals surface area contributed by atoms with Crippen molar-refractivity contribution in [3.63, 3.8) is 0 Å². The van der Waals surface area contributed by atoms with E-state index in [2.05, 4.69) is 20.8 Å². The van der Waals surface area contributed by atoms with Crippen LogP contribution in [-0.2, 0) is 28.5 Å². The number of hydrogen-bond donors (Lipinski definition) is 9. The Bertz CT molecular complexity index is 1550. The average Bonchev–Trinajstić information content (AvgIpc) is 3.44. The van der Waals surface area contributed by atoms with Crippen molar-refractivity contribution in [1.29, 1.82) is 0 Å². The topological polar surface area (TPSA) is 245 Å². The average molecular weight is 813 g/mol. The molecule has 326 valence electrons. The minimum Gasteiger partial charge on any atom is -0.459 e. The van der Waals surface area contributed by atoms with Crippen LogP contribution in [0, 0.1) is 50.7 Å². The maximum Gasteiger partial charge on any atom is 0.315 e. The summed E-state index contributed by atoms with van der Waals surface area (Å²) in [4.78, 5) is 14.3. The number of fused-ring (bicyclic) bond motifs is 5. The second-order valence-electron chi connectivity index (χ2n) is 20.9. The summed E-state index contributed by atoms with van der Waals surface area (Å²) >= 11 is 0. The molecule has 3 aliphatic heterocycles. The van der Waals surface area contributed by atoms with Gasteiger partial charge in [-0.25, -0.2) is 0 Å². The standard InChI is InChI=1S/C42H68O15/c1-36(2)22-10-14-41(35(51)57-36)25-8-7-24-37(3)12-11-26(38(4,19-45)23(37)9-13-39(24,5)40(25,6)15-16-42(22,41)52)55-34-32(30(49)28(47)21(18-44)54-34)56-33-31(50)29(48)27(46)20(17-43)53-33/h20-34,43-50,52H,7-19H2,1-6H3. The van der Waals surface area contributed by atoms with Crippen LogP contribution in [0.2, 0.25) is 0 Å². The van der Waals surface area contributed by atoms with Gasteiger partial charge in [0, 0.05) is 11.3 Å². The molecule has 0 spiro atoms. The first-order valence-corrected chi connectivity index (χ1v) is 21.5. The Kier molecular flexibility index (Phi) is 10.5. The zero-order chi connectivity index (χ0) is 41.5. The summed E-state index contributed by atoms with van der Waals surface area (Å²) in [5, 5.41) is 97.5. The van der Waals surface area contributed by atoms with Crippen LogP contribution in [0.4, 0.5) is 0 Å². The van der Waals surface area contributed by atoms with E-state index in [-0.39, 0.29) is 52.5 Å². The maximum absolute atomic E-state index is 14.3. The van der Waals surface area contributed by atoms with Gasteiger partial charge in [-0.15, -0.1) is 0 Å². The van der Waals surface area contributed by atoms with Crippen LogP contribution in [0.25, 0.3) is 0 Å². The summed E-state index contributed by atoms with van der Waals surface area (Å²) in [6.45, 7) is 11.5. The Morgan fingerprint density at radius 3 is 1.86 bits per heavy atom. The second kappa shape index (κ2) is 14.0. The van der Waals surface area contributed by atoms with Crippen molar-refractivity contribution < 1.29 is 74.4 Å². The lowest BCUT2D eigenvalue weighted by Crippen LogP contribution is -2.74. The highest BCUT2D eigenvalue weighted by molar-refractivity contribution is 5.82. The highest BCUT2D eigenvalue weighted by atomic mass is 16.8. The van der Waals surface area contributed by atoms with Crippen LogP contribution >= 0.6 is 0 Å². The summed E-state index contributed by atoms with van der Waals surface area (Å²) in [6, 6.07) is 0. The number of aliphatic hydroxyl groups is 9. The lowest BCUT2D eigenvalue weighted by molar-refractivity contribution is -0.380. The molecule has 8 rings (SSSR count). The van der Waals surface area contributed by atoms with Crippen molar-refractivity contribution in [2.45, 2.75) is 184 Å². The maximum atomic E-state index is 14.3. The summed E-state index contributed by atoms with van der Waals surface area (Å²) in [5.74, 6) is -0.116. The Labute approximate surface area is 335 Å². The molecule has 5 aliphatic carbocycles. The van der Waals surface area contributed by atoms with Gasteiger partial charge in [-0.2, -0.15) is 0 Å². The fourth-order valence-corrected chi connectivity index (χ4v) is 15.4. The predicted octanol–water partition coefficient (Wildman–Crippen LogP) is 0.500. The second-order valence-corrected chi connectivity index (χ2v) is 20.9. The van der Waals surface area contributed by atoms with E-state index in [9.17, 15) is 50.8 Å². The molecule has 57 heavy (non-hydrogen) atoms. The predicted molar refractivity (Wildman–Crippen MR) is 198 cm³/mol. The third-order valence-corrected chi connectivity index (χ3v) is 18.6. The van der Waals surface area contributed by atoms with E-state index in [0.29, 0.717) is 19.3 Å². The van der Waals surface area contributed by atoms with Gasteiger partial charge < -0.3 is 69.6 Å². The number of ether oxygens (including phenoxy) is 5. The van der Waals surface area contributed by atoms with Crippen LogP contribution < -0.4 is 0 Å². The molecular formula is C42H68O15. The molecule has 0 radical (unpaired) electrons. The monoisotopic (exact) mass is 812 g/mol. The molecule has 8 aliphatic rings. The number of esters is 1. The molecule has 0 aromatic rings. The van der Waals surface area contributed by atoms with Gasteiger partial charge >= 0.3 is 5.97 Å². The largest absolute Gasteiger partial charge is 0.459 e. The summed E-state index contributed by atoms with van der Waals surface area (Å²) < 4.78 is 30.5. The van der Waals surface area contributed by atoms with Gasteiger partial charge in [0.15, 0.2) is 12.6 Å². The van der Waals surface area contributed by atoms with E-state index < -0.39 is 103 Å². The molecule has 15 heteroatoms. The molecule has 0 aromatic carbocycles.